The van der Waals surface area contributed by atoms with Gasteiger partial charge in [-0.1, -0.05) is 24.3 Å². The largest absolute Gasteiger partial charge is 0.320 e. The summed E-state index contributed by atoms with van der Waals surface area (Å²) in [6, 6.07) is 10.5. The van der Waals surface area contributed by atoms with E-state index in [2.05, 4.69) is 60.3 Å². The fourth-order valence-electron chi connectivity index (χ4n) is 4.34. The van der Waals surface area contributed by atoms with Crippen molar-refractivity contribution in [1.82, 2.24) is 35.3 Å². The van der Waals surface area contributed by atoms with Crippen LogP contribution in [0.3, 0.4) is 0 Å². The molecule has 164 valence electrons. The monoisotopic (exact) mass is 434 g/mol. The third-order valence-electron chi connectivity index (χ3n) is 5.73. The standard InChI is InChI=1S/C22H23FN8O/c1-30(2)10-12-4-6-13(7-5-12)19-18(21-24-11-25-31(21)3)20-17-15(22(32)29-28-20)8-14(23)9-16(17)26-27-19/h4-9,11,18-19,26-27H,10H2,1-3H3,(H,29,32). The van der Waals surface area contributed by atoms with Gasteiger partial charge in [0.15, 0.2) is 0 Å². The quantitative estimate of drug-likeness (QED) is 0.452. The maximum atomic E-state index is 14.3. The Morgan fingerprint density at radius 1 is 1.19 bits per heavy atom. The van der Waals surface area contributed by atoms with Crippen molar-refractivity contribution in [3.05, 3.63) is 81.5 Å². The molecule has 2 aromatic carbocycles. The second-order valence-corrected chi connectivity index (χ2v) is 8.26. The van der Waals surface area contributed by atoms with E-state index in [1.54, 1.807) is 4.68 Å². The van der Waals surface area contributed by atoms with Gasteiger partial charge in [-0.05, 0) is 37.4 Å². The maximum absolute atomic E-state index is 14.3. The van der Waals surface area contributed by atoms with Crippen molar-refractivity contribution in [3.8, 4) is 0 Å². The third kappa shape index (κ3) is 3.43. The molecule has 1 aliphatic heterocycles. The highest BCUT2D eigenvalue weighted by atomic mass is 19.1. The number of rotatable bonds is 4. The number of aromatic nitrogens is 5. The van der Waals surface area contributed by atoms with E-state index in [0.29, 0.717) is 22.6 Å². The topological polar surface area (TPSA) is 104 Å². The van der Waals surface area contributed by atoms with Gasteiger partial charge in [0.2, 0.25) is 0 Å². The molecule has 3 heterocycles. The van der Waals surface area contributed by atoms with E-state index in [1.165, 1.54) is 24.0 Å². The third-order valence-corrected chi connectivity index (χ3v) is 5.73. The fourth-order valence-corrected chi connectivity index (χ4v) is 4.34. The lowest BCUT2D eigenvalue weighted by molar-refractivity contribution is 0.402. The zero-order valence-corrected chi connectivity index (χ0v) is 17.9. The summed E-state index contributed by atoms with van der Waals surface area (Å²) in [4.78, 5) is 19.0. The van der Waals surface area contributed by atoms with E-state index in [-0.39, 0.29) is 11.4 Å². The number of H-pyrrole nitrogens is 1. The molecule has 0 radical (unpaired) electrons. The summed E-state index contributed by atoms with van der Waals surface area (Å²) in [7, 11) is 5.86. The van der Waals surface area contributed by atoms with Gasteiger partial charge in [-0.3, -0.25) is 9.48 Å². The number of hydrogen-bond donors (Lipinski definition) is 3. The summed E-state index contributed by atoms with van der Waals surface area (Å²) in [5.41, 5.74) is 9.19. The first-order valence-electron chi connectivity index (χ1n) is 10.2. The molecular formula is C22H23FN8O. The molecule has 0 saturated heterocycles. The maximum Gasteiger partial charge on any atom is 0.272 e. The number of benzene rings is 2. The molecule has 0 saturated carbocycles. The molecule has 5 rings (SSSR count). The van der Waals surface area contributed by atoms with Crippen LogP contribution in [0, 0.1) is 5.82 Å². The Hall–Kier alpha value is -3.63. The molecule has 2 unspecified atom stereocenters. The zero-order valence-electron chi connectivity index (χ0n) is 17.9. The van der Waals surface area contributed by atoms with Crippen LogP contribution in [-0.2, 0) is 13.6 Å². The van der Waals surface area contributed by atoms with Crippen molar-refractivity contribution in [2.75, 3.05) is 19.5 Å². The number of halogens is 1. The van der Waals surface area contributed by atoms with Crippen molar-refractivity contribution in [3.63, 3.8) is 0 Å². The summed E-state index contributed by atoms with van der Waals surface area (Å²) >= 11 is 0. The van der Waals surface area contributed by atoms with Crippen LogP contribution in [0.5, 0.6) is 0 Å². The van der Waals surface area contributed by atoms with Crippen LogP contribution in [0.25, 0.3) is 10.8 Å². The smallest absolute Gasteiger partial charge is 0.272 e. The Labute approximate surface area is 183 Å². The molecule has 32 heavy (non-hydrogen) atoms. The number of hydrazine groups is 1. The fraction of sp³-hybridized carbons (Fsp3) is 0.273. The number of hydrogen-bond acceptors (Lipinski definition) is 7. The lowest BCUT2D eigenvalue weighted by atomic mass is 9.87. The molecule has 0 fully saturated rings. The Morgan fingerprint density at radius 2 is 1.97 bits per heavy atom. The van der Waals surface area contributed by atoms with E-state index in [1.807, 2.05) is 21.1 Å². The van der Waals surface area contributed by atoms with Gasteiger partial charge in [0.1, 0.15) is 18.0 Å². The Balaban J connectivity index is 1.71. The van der Waals surface area contributed by atoms with Gasteiger partial charge in [0, 0.05) is 19.0 Å². The Kier molecular flexibility index (Phi) is 4.95. The van der Waals surface area contributed by atoms with Crippen LogP contribution in [0.4, 0.5) is 10.1 Å². The second-order valence-electron chi connectivity index (χ2n) is 8.26. The van der Waals surface area contributed by atoms with Crippen LogP contribution in [0.1, 0.15) is 34.6 Å². The molecule has 0 aliphatic carbocycles. The molecule has 0 amide bonds. The van der Waals surface area contributed by atoms with Gasteiger partial charge in [-0.15, -0.1) is 0 Å². The molecular weight excluding hydrogens is 411 g/mol. The highest BCUT2D eigenvalue weighted by Gasteiger charge is 2.36. The van der Waals surface area contributed by atoms with Gasteiger partial charge in [0.05, 0.1) is 28.7 Å². The molecule has 9 nitrogen and oxygen atoms in total. The molecule has 4 aromatic rings. The van der Waals surface area contributed by atoms with Crippen LogP contribution < -0.4 is 16.4 Å². The van der Waals surface area contributed by atoms with Crippen LogP contribution >= 0.6 is 0 Å². The SMILES string of the molecule is CN(C)Cc1ccc(C2NNc3cc(F)cc4c(=O)[nH]nc(c34)C2c2ncnn2C)cc1. The Morgan fingerprint density at radius 3 is 2.66 bits per heavy atom. The summed E-state index contributed by atoms with van der Waals surface area (Å²) < 4.78 is 16.0. The minimum Gasteiger partial charge on any atom is -0.320 e. The first kappa shape index (κ1) is 20.3. The summed E-state index contributed by atoms with van der Waals surface area (Å²) in [6.45, 7) is 0.830. The highest BCUT2D eigenvalue weighted by Crippen LogP contribution is 2.41. The van der Waals surface area contributed by atoms with Gasteiger partial charge >= 0.3 is 0 Å². The average molecular weight is 434 g/mol. The Bertz CT molecular complexity index is 1340. The lowest BCUT2D eigenvalue weighted by Gasteiger charge is -2.26. The van der Waals surface area contributed by atoms with Crippen LogP contribution in [0.2, 0.25) is 0 Å². The van der Waals surface area contributed by atoms with Crippen molar-refractivity contribution in [2.24, 2.45) is 7.05 Å². The number of aryl methyl sites for hydroxylation is 1. The number of anilines is 1. The van der Waals surface area contributed by atoms with E-state index >= 15 is 0 Å². The number of aromatic amines is 1. The molecule has 0 spiro atoms. The van der Waals surface area contributed by atoms with Crippen molar-refractivity contribution in [2.45, 2.75) is 18.5 Å². The normalized spacial score (nSPS) is 18.0. The van der Waals surface area contributed by atoms with Crippen molar-refractivity contribution < 1.29 is 4.39 Å². The minimum absolute atomic E-state index is 0.230. The van der Waals surface area contributed by atoms with Crippen LogP contribution in [0.15, 0.2) is 47.5 Å². The average Bonchev–Trinajstić information content (AvgIpc) is 3.10. The first-order valence-corrected chi connectivity index (χ1v) is 10.2. The summed E-state index contributed by atoms with van der Waals surface area (Å²) in [6.07, 6.45) is 1.49. The second kappa shape index (κ2) is 7.81. The molecule has 2 aromatic heterocycles. The van der Waals surface area contributed by atoms with Crippen molar-refractivity contribution in [1.29, 1.82) is 0 Å². The van der Waals surface area contributed by atoms with E-state index in [0.717, 1.165) is 12.1 Å². The number of nitrogens with one attached hydrogen (secondary N) is 3. The lowest BCUT2D eigenvalue weighted by Crippen LogP contribution is -2.32. The minimum atomic E-state index is -0.508. The molecule has 2 atom stereocenters. The van der Waals surface area contributed by atoms with Crippen molar-refractivity contribution >= 4 is 16.5 Å². The number of nitrogens with zero attached hydrogens (tertiary/aromatic N) is 5. The summed E-state index contributed by atoms with van der Waals surface area (Å²) in [5, 5.41) is 12.0. The van der Waals surface area contributed by atoms with Crippen LogP contribution in [-0.4, -0.2) is 44.0 Å². The summed E-state index contributed by atoms with van der Waals surface area (Å²) in [5.74, 6) is -0.244. The van der Waals surface area contributed by atoms with Gasteiger partial charge in [-0.25, -0.2) is 19.9 Å². The highest BCUT2D eigenvalue weighted by molar-refractivity contribution is 5.96. The molecule has 10 heteroatoms. The van der Waals surface area contributed by atoms with Gasteiger partial charge in [-0.2, -0.15) is 10.2 Å². The molecule has 0 bridgehead atoms. The zero-order chi connectivity index (χ0) is 22.4. The molecule has 3 N–H and O–H groups in total. The van der Waals surface area contributed by atoms with E-state index in [4.69, 9.17) is 0 Å². The van der Waals surface area contributed by atoms with E-state index in [9.17, 15) is 9.18 Å². The molecule has 1 aliphatic rings. The predicted octanol–water partition coefficient (Wildman–Crippen LogP) is 2.06. The van der Waals surface area contributed by atoms with Gasteiger partial charge in [0.25, 0.3) is 5.56 Å². The van der Waals surface area contributed by atoms with E-state index < -0.39 is 17.3 Å². The first-order chi connectivity index (χ1) is 15.4. The van der Waals surface area contributed by atoms with Gasteiger partial charge < -0.3 is 10.3 Å². The predicted molar refractivity (Wildman–Crippen MR) is 119 cm³/mol.